The summed E-state index contributed by atoms with van der Waals surface area (Å²) in [7, 11) is 0. The van der Waals surface area contributed by atoms with Crippen molar-refractivity contribution < 1.29 is 29.0 Å². The smallest absolute Gasteiger partial charge is 0.326 e. The number of hydrogen-bond acceptors (Lipinski definition) is 4. The fourth-order valence-corrected chi connectivity index (χ4v) is 5.03. The highest BCUT2D eigenvalue weighted by Crippen LogP contribution is 2.29. The van der Waals surface area contributed by atoms with Crippen molar-refractivity contribution in [3.05, 3.63) is 121 Å². The second kappa shape index (κ2) is 13.6. The van der Waals surface area contributed by atoms with Gasteiger partial charge in [0.05, 0.1) is 0 Å². The lowest BCUT2D eigenvalue weighted by Crippen LogP contribution is -2.56. The molecule has 7 nitrogen and oxygen atoms in total. The number of aryl methyl sites for hydroxylation is 1. The second-order valence-electron chi connectivity index (χ2n) is 10.1. The molecule has 42 heavy (non-hydrogen) atoms. The van der Waals surface area contributed by atoms with Crippen molar-refractivity contribution in [2.75, 3.05) is 9.80 Å². The van der Waals surface area contributed by atoms with E-state index in [1.54, 1.807) is 19.1 Å². The van der Waals surface area contributed by atoms with Crippen molar-refractivity contribution in [3.63, 3.8) is 0 Å². The minimum atomic E-state index is -1.25. The van der Waals surface area contributed by atoms with E-state index in [-0.39, 0.29) is 6.42 Å². The summed E-state index contributed by atoms with van der Waals surface area (Å²) in [4.78, 5) is 41.6. The van der Waals surface area contributed by atoms with Gasteiger partial charge in [-0.3, -0.25) is 9.69 Å². The maximum atomic E-state index is 14.2. The number of anilines is 2. The van der Waals surface area contributed by atoms with Gasteiger partial charge in [-0.25, -0.2) is 14.0 Å². The zero-order valence-electron chi connectivity index (χ0n) is 23.4. The van der Waals surface area contributed by atoms with Gasteiger partial charge in [-0.2, -0.15) is 0 Å². The van der Waals surface area contributed by atoms with Crippen molar-refractivity contribution in [2.45, 2.75) is 44.8 Å². The lowest BCUT2D eigenvalue weighted by Gasteiger charge is -2.39. The molecule has 3 atom stereocenters. The van der Waals surface area contributed by atoms with Gasteiger partial charge >= 0.3 is 11.9 Å². The van der Waals surface area contributed by atoms with E-state index < -0.39 is 41.8 Å². The standard InChI is InChI=1S/C34H33FN2O5/c1-23(32(38)37(24(2)33(39)40)30-18-14-27(15-19-30)26-11-7-4-8-12-26)36(29-20-16-28(35)17-21-29)31(34(41)42)22-13-25-9-5-3-6-10-25/h3-12,14-21,23-24,31H,13,22H2,1-2H3,(H,39,40)(H,41,42)/t23-,24-,31-/m0/s1. The maximum Gasteiger partial charge on any atom is 0.326 e. The van der Waals surface area contributed by atoms with Crippen LogP contribution in [0.5, 0.6) is 0 Å². The molecule has 0 unspecified atom stereocenters. The van der Waals surface area contributed by atoms with Crippen LogP contribution >= 0.6 is 0 Å². The third-order valence-electron chi connectivity index (χ3n) is 7.30. The van der Waals surface area contributed by atoms with Crippen LogP contribution in [0.15, 0.2) is 109 Å². The highest BCUT2D eigenvalue weighted by molar-refractivity contribution is 6.04. The number of aliphatic carboxylic acids is 2. The number of carbonyl (C=O) groups is 3. The number of benzene rings is 4. The van der Waals surface area contributed by atoms with E-state index >= 15 is 0 Å². The zero-order chi connectivity index (χ0) is 30.2. The average Bonchev–Trinajstić information content (AvgIpc) is 3.00. The van der Waals surface area contributed by atoms with E-state index in [1.165, 1.54) is 41.0 Å². The Morgan fingerprint density at radius 3 is 1.74 bits per heavy atom. The Morgan fingerprint density at radius 2 is 1.19 bits per heavy atom. The number of carbonyl (C=O) groups excluding carboxylic acids is 1. The lowest BCUT2D eigenvalue weighted by atomic mass is 10.0. The van der Waals surface area contributed by atoms with E-state index in [0.717, 1.165) is 16.7 Å². The van der Waals surface area contributed by atoms with Gasteiger partial charge in [0.2, 0.25) is 5.91 Å². The van der Waals surface area contributed by atoms with Crippen LogP contribution in [0.1, 0.15) is 25.8 Å². The molecule has 0 aliphatic heterocycles. The van der Waals surface area contributed by atoms with Crippen LogP contribution in [0.2, 0.25) is 0 Å². The Kier molecular flexibility index (Phi) is 9.70. The first-order chi connectivity index (χ1) is 20.2. The van der Waals surface area contributed by atoms with Crippen molar-refractivity contribution >= 4 is 29.2 Å². The molecule has 216 valence electrons. The normalized spacial score (nSPS) is 13.0. The summed E-state index contributed by atoms with van der Waals surface area (Å²) in [6.45, 7) is 2.95. The van der Waals surface area contributed by atoms with Crippen molar-refractivity contribution in [3.8, 4) is 11.1 Å². The van der Waals surface area contributed by atoms with Gasteiger partial charge in [-0.1, -0.05) is 72.8 Å². The number of carboxylic acids is 2. The van der Waals surface area contributed by atoms with Crippen LogP contribution in [0.3, 0.4) is 0 Å². The van der Waals surface area contributed by atoms with E-state index in [9.17, 15) is 29.0 Å². The Labute approximate surface area is 244 Å². The van der Waals surface area contributed by atoms with E-state index in [2.05, 4.69) is 0 Å². The van der Waals surface area contributed by atoms with Gasteiger partial charge < -0.3 is 15.1 Å². The van der Waals surface area contributed by atoms with E-state index in [0.29, 0.717) is 17.8 Å². The fraction of sp³-hybridized carbons (Fsp3) is 0.206. The molecule has 0 saturated carbocycles. The Hall–Kier alpha value is -4.98. The molecule has 4 rings (SSSR count). The van der Waals surface area contributed by atoms with Crippen LogP contribution in [-0.4, -0.2) is 46.2 Å². The summed E-state index contributed by atoms with van der Waals surface area (Å²) in [6.07, 6.45) is 0.585. The van der Waals surface area contributed by atoms with Crippen LogP contribution in [-0.2, 0) is 20.8 Å². The summed E-state index contributed by atoms with van der Waals surface area (Å²) < 4.78 is 13.9. The largest absolute Gasteiger partial charge is 0.480 e. The minimum Gasteiger partial charge on any atom is -0.480 e. The molecule has 8 heteroatoms. The number of nitrogens with zero attached hydrogens (tertiary/aromatic N) is 2. The number of hydrogen-bond donors (Lipinski definition) is 2. The van der Waals surface area contributed by atoms with E-state index in [1.807, 2.05) is 72.8 Å². The quantitative estimate of drug-likeness (QED) is 0.209. The topological polar surface area (TPSA) is 98.2 Å². The molecule has 4 aromatic carbocycles. The third kappa shape index (κ3) is 7.01. The third-order valence-corrected chi connectivity index (χ3v) is 7.30. The number of amides is 1. The summed E-state index contributed by atoms with van der Waals surface area (Å²) in [5.41, 5.74) is 3.48. The predicted octanol–water partition coefficient (Wildman–Crippen LogP) is 6.28. The number of carboxylic acid groups (broad SMARTS) is 2. The van der Waals surface area contributed by atoms with Crippen LogP contribution in [0.4, 0.5) is 15.8 Å². The Bertz CT molecular complexity index is 1490. The van der Waals surface area contributed by atoms with Crippen molar-refractivity contribution in [1.29, 1.82) is 0 Å². The first kappa shape index (κ1) is 30.0. The van der Waals surface area contributed by atoms with Gasteiger partial charge in [0.1, 0.15) is 23.9 Å². The van der Waals surface area contributed by atoms with Gasteiger partial charge in [0, 0.05) is 11.4 Å². The molecule has 0 bridgehead atoms. The second-order valence-corrected chi connectivity index (χ2v) is 10.1. The highest BCUT2D eigenvalue weighted by Gasteiger charge is 2.38. The van der Waals surface area contributed by atoms with Gasteiger partial charge in [0.25, 0.3) is 0 Å². The molecule has 0 spiro atoms. The molecule has 0 heterocycles. The molecule has 0 aliphatic rings. The molecule has 0 aromatic heterocycles. The van der Waals surface area contributed by atoms with Crippen molar-refractivity contribution in [1.82, 2.24) is 0 Å². The van der Waals surface area contributed by atoms with E-state index in [4.69, 9.17) is 0 Å². The Balaban J connectivity index is 1.72. The highest BCUT2D eigenvalue weighted by atomic mass is 19.1. The van der Waals surface area contributed by atoms with Gasteiger partial charge in [-0.15, -0.1) is 0 Å². The summed E-state index contributed by atoms with van der Waals surface area (Å²) in [5, 5.41) is 20.3. The van der Waals surface area contributed by atoms with Gasteiger partial charge in [0.15, 0.2) is 0 Å². The van der Waals surface area contributed by atoms with Gasteiger partial charge in [-0.05, 0) is 79.8 Å². The maximum absolute atomic E-state index is 14.2. The monoisotopic (exact) mass is 568 g/mol. The molecule has 0 saturated heterocycles. The molecular formula is C34H33FN2O5. The molecule has 2 N–H and O–H groups in total. The number of rotatable bonds is 12. The fourth-order valence-electron chi connectivity index (χ4n) is 5.03. The zero-order valence-corrected chi connectivity index (χ0v) is 23.4. The molecular weight excluding hydrogens is 535 g/mol. The summed E-state index contributed by atoms with van der Waals surface area (Å²) in [6, 6.07) is 27.7. The summed E-state index contributed by atoms with van der Waals surface area (Å²) >= 11 is 0. The summed E-state index contributed by atoms with van der Waals surface area (Å²) in [5.74, 6) is -3.48. The molecule has 1 amide bonds. The van der Waals surface area contributed by atoms with Crippen molar-refractivity contribution in [2.24, 2.45) is 0 Å². The van der Waals surface area contributed by atoms with Crippen LogP contribution < -0.4 is 9.80 Å². The molecule has 0 aliphatic carbocycles. The number of halogens is 1. The first-order valence-corrected chi connectivity index (χ1v) is 13.7. The molecule has 4 aromatic rings. The minimum absolute atomic E-state index is 0.161. The SMILES string of the molecule is C[C@@H](C(=O)O)N(C(=O)[C@H](C)N(c1ccc(F)cc1)[C@@H](CCc1ccccc1)C(=O)O)c1ccc(-c2ccccc2)cc1. The predicted molar refractivity (Wildman–Crippen MR) is 161 cm³/mol. The first-order valence-electron chi connectivity index (χ1n) is 13.7. The van der Waals surface area contributed by atoms with Crippen LogP contribution in [0.25, 0.3) is 11.1 Å². The Morgan fingerprint density at radius 1 is 0.667 bits per heavy atom. The van der Waals surface area contributed by atoms with Crippen LogP contribution in [0, 0.1) is 5.82 Å². The molecule has 0 radical (unpaired) electrons. The molecule has 0 fully saturated rings. The average molecular weight is 569 g/mol. The lowest BCUT2D eigenvalue weighted by molar-refractivity contribution is -0.141.